The molecule has 0 aliphatic heterocycles. The van der Waals surface area contributed by atoms with Gasteiger partial charge in [0.1, 0.15) is 6.04 Å². The zero-order chi connectivity index (χ0) is 13.0. The molecule has 1 saturated carbocycles. The number of rotatable bonds is 4. The first-order valence-corrected chi connectivity index (χ1v) is 6.77. The third-order valence-corrected chi connectivity index (χ3v) is 3.72. The molecule has 3 nitrogen and oxygen atoms in total. The molecule has 1 fully saturated rings. The van der Waals surface area contributed by atoms with E-state index in [0.29, 0.717) is 6.04 Å². The summed E-state index contributed by atoms with van der Waals surface area (Å²) in [5, 5.41) is 3.49. The average molecular weight is 241 g/mol. The SMILES string of the molecule is COC(=O)[C@@H](NC1CC(C)CC(C)C1)C(C)C. The lowest BCUT2D eigenvalue weighted by Gasteiger charge is -2.35. The quantitative estimate of drug-likeness (QED) is 0.769. The maximum atomic E-state index is 11.7. The number of hydrogen-bond donors (Lipinski definition) is 1. The van der Waals surface area contributed by atoms with Crippen molar-refractivity contribution in [2.24, 2.45) is 17.8 Å². The summed E-state index contributed by atoms with van der Waals surface area (Å²) < 4.78 is 4.87. The second-order valence-electron chi connectivity index (χ2n) is 6.03. The molecular formula is C14H27NO2. The van der Waals surface area contributed by atoms with E-state index in [1.54, 1.807) is 0 Å². The lowest BCUT2D eigenvalue weighted by molar-refractivity contribution is -0.144. The summed E-state index contributed by atoms with van der Waals surface area (Å²) >= 11 is 0. The summed E-state index contributed by atoms with van der Waals surface area (Å²) in [7, 11) is 1.46. The van der Waals surface area contributed by atoms with Crippen molar-refractivity contribution in [1.29, 1.82) is 0 Å². The number of esters is 1. The van der Waals surface area contributed by atoms with E-state index in [9.17, 15) is 4.79 Å². The van der Waals surface area contributed by atoms with E-state index in [0.717, 1.165) is 11.8 Å². The van der Waals surface area contributed by atoms with Crippen molar-refractivity contribution in [2.45, 2.75) is 59.0 Å². The van der Waals surface area contributed by atoms with Gasteiger partial charge < -0.3 is 10.1 Å². The monoisotopic (exact) mass is 241 g/mol. The van der Waals surface area contributed by atoms with Crippen LogP contribution in [0.5, 0.6) is 0 Å². The smallest absolute Gasteiger partial charge is 0.323 e. The molecule has 0 radical (unpaired) electrons. The highest BCUT2D eigenvalue weighted by Gasteiger charge is 2.30. The van der Waals surface area contributed by atoms with E-state index in [1.165, 1.54) is 26.4 Å². The fourth-order valence-electron chi connectivity index (χ4n) is 3.00. The van der Waals surface area contributed by atoms with E-state index >= 15 is 0 Å². The van der Waals surface area contributed by atoms with Crippen LogP contribution in [0.15, 0.2) is 0 Å². The fraction of sp³-hybridized carbons (Fsp3) is 0.929. The molecule has 3 heteroatoms. The number of nitrogens with one attached hydrogen (secondary N) is 1. The lowest BCUT2D eigenvalue weighted by atomic mass is 9.80. The van der Waals surface area contributed by atoms with Crippen molar-refractivity contribution >= 4 is 5.97 Å². The Bertz CT molecular complexity index is 243. The van der Waals surface area contributed by atoms with Crippen LogP contribution in [0.3, 0.4) is 0 Å². The van der Waals surface area contributed by atoms with Gasteiger partial charge in [0, 0.05) is 6.04 Å². The normalized spacial score (nSPS) is 31.3. The first-order chi connectivity index (χ1) is 7.93. The van der Waals surface area contributed by atoms with Gasteiger partial charge in [0.05, 0.1) is 7.11 Å². The lowest BCUT2D eigenvalue weighted by Crippen LogP contribution is -2.49. The van der Waals surface area contributed by atoms with Crippen LogP contribution in [-0.4, -0.2) is 25.2 Å². The third kappa shape index (κ3) is 4.30. The summed E-state index contributed by atoms with van der Waals surface area (Å²) in [6.07, 6.45) is 3.65. The van der Waals surface area contributed by atoms with Crippen molar-refractivity contribution in [3.05, 3.63) is 0 Å². The first kappa shape index (κ1) is 14.5. The van der Waals surface area contributed by atoms with Crippen LogP contribution in [-0.2, 0) is 9.53 Å². The minimum atomic E-state index is -0.164. The van der Waals surface area contributed by atoms with Crippen LogP contribution >= 0.6 is 0 Å². The molecule has 1 rings (SSSR count). The van der Waals surface area contributed by atoms with E-state index in [4.69, 9.17) is 4.74 Å². The Hall–Kier alpha value is -0.570. The van der Waals surface area contributed by atoms with Crippen LogP contribution in [0, 0.1) is 17.8 Å². The molecule has 1 aliphatic rings. The van der Waals surface area contributed by atoms with Gasteiger partial charge in [-0.15, -0.1) is 0 Å². The highest BCUT2D eigenvalue weighted by Crippen LogP contribution is 2.29. The fourth-order valence-corrected chi connectivity index (χ4v) is 3.00. The molecule has 0 aromatic heterocycles. The Morgan fingerprint density at radius 2 is 1.71 bits per heavy atom. The second kappa shape index (κ2) is 6.39. The molecule has 0 amide bonds. The van der Waals surface area contributed by atoms with Crippen LogP contribution in [0.1, 0.15) is 47.0 Å². The standard InChI is InChI=1S/C14H27NO2/c1-9(2)13(14(16)17-5)15-12-7-10(3)6-11(4)8-12/h9-13,15H,6-8H2,1-5H3/t10?,11?,12?,13-/m0/s1. The molecule has 1 N–H and O–H groups in total. The Labute approximate surface area is 105 Å². The van der Waals surface area contributed by atoms with Crippen molar-refractivity contribution in [2.75, 3.05) is 7.11 Å². The van der Waals surface area contributed by atoms with Crippen molar-refractivity contribution < 1.29 is 9.53 Å². The van der Waals surface area contributed by atoms with Crippen LogP contribution in [0.4, 0.5) is 0 Å². The molecular weight excluding hydrogens is 214 g/mol. The van der Waals surface area contributed by atoms with Gasteiger partial charge in [0.2, 0.25) is 0 Å². The Morgan fingerprint density at radius 3 is 2.12 bits per heavy atom. The summed E-state index contributed by atoms with van der Waals surface area (Å²) in [6.45, 7) is 8.72. The number of hydrogen-bond acceptors (Lipinski definition) is 3. The van der Waals surface area contributed by atoms with Crippen LogP contribution < -0.4 is 5.32 Å². The van der Waals surface area contributed by atoms with Crippen molar-refractivity contribution in [3.8, 4) is 0 Å². The second-order valence-corrected chi connectivity index (χ2v) is 6.03. The van der Waals surface area contributed by atoms with Gasteiger partial charge in [0.15, 0.2) is 0 Å². The summed E-state index contributed by atoms with van der Waals surface area (Å²) in [5.74, 6) is 1.64. The average Bonchev–Trinajstić information content (AvgIpc) is 2.23. The Morgan fingerprint density at radius 1 is 1.18 bits per heavy atom. The van der Waals surface area contributed by atoms with Crippen molar-refractivity contribution in [1.82, 2.24) is 5.32 Å². The van der Waals surface area contributed by atoms with E-state index in [2.05, 4.69) is 33.0 Å². The predicted octanol–water partition coefficient (Wildman–Crippen LogP) is 2.60. The molecule has 0 saturated heterocycles. The number of ether oxygens (including phenoxy) is 1. The van der Waals surface area contributed by atoms with Gasteiger partial charge >= 0.3 is 5.97 Å². The zero-order valence-electron chi connectivity index (χ0n) is 11.8. The Balaban J connectivity index is 2.57. The molecule has 0 aromatic rings. The van der Waals surface area contributed by atoms with E-state index < -0.39 is 0 Å². The maximum absolute atomic E-state index is 11.7. The summed E-state index contributed by atoms with van der Waals surface area (Å²) in [6, 6.07) is 0.294. The van der Waals surface area contributed by atoms with Gasteiger partial charge in [-0.25, -0.2) is 0 Å². The molecule has 0 heterocycles. The minimum absolute atomic E-state index is 0.133. The van der Waals surface area contributed by atoms with Gasteiger partial charge in [-0.1, -0.05) is 27.7 Å². The minimum Gasteiger partial charge on any atom is -0.468 e. The Kier molecular flexibility index (Phi) is 5.44. The first-order valence-electron chi connectivity index (χ1n) is 6.77. The highest BCUT2D eigenvalue weighted by molar-refractivity contribution is 5.75. The molecule has 2 unspecified atom stereocenters. The molecule has 1 aliphatic carbocycles. The number of carbonyl (C=O) groups excluding carboxylic acids is 1. The summed E-state index contributed by atoms with van der Waals surface area (Å²) in [5.41, 5.74) is 0. The van der Waals surface area contributed by atoms with Gasteiger partial charge in [0.25, 0.3) is 0 Å². The highest BCUT2D eigenvalue weighted by atomic mass is 16.5. The predicted molar refractivity (Wildman–Crippen MR) is 69.7 cm³/mol. The number of carbonyl (C=O) groups is 1. The molecule has 0 spiro atoms. The van der Waals surface area contributed by atoms with E-state index in [1.807, 2.05) is 0 Å². The zero-order valence-corrected chi connectivity index (χ0v) is 11.8. The largest absolute Gasteiger partial charge is 0.468 e. The van der Waals surface area contributed by atoms with Gasteiger partial charge in [-0.3, -0.25) is 4.79 Å². The maximum Gasteiger partial charge on any atom is 0.323 e. The number of methoxy groups -OCH3 is 1. The van der Waals surface area contributed by atoms with Crippen LogP contribution in [0.2, 0.25) is 0 Å². The van der Waals surface area contributed by atoms with Crippen molar-refractivity contribution in [3.63, 3.8) is 0 Å². The van der Waals surface area contributed by atoms with Gasteiger partial charge in [-0.2, -0.15) is 0 Å². The topological polar surface area (TPSA) is 38.3 Å². The molecule has 3 atom stereocenters. The third-order valence-electron chi connectivity index (χ3n) is 3.72. The van der Waals surface area contributed by atoms with Crippen LogP contribution in [0.25, 0.3) is 0 Å². The molecule has 100 valence electrons. The molecule has 0 bridgehead atoms. The van der Waals surface area contributed by atoms with Gasteiger partial charge in [-0.05, 0) is 37.0 Å². The molecule has 17 heavy (non-hydrogen) atoms. The van der Waals surface area contributed by atoms with E-state index in [-0.39, 0.29) is 17.9 Å². The molecule has 0 aromatic carbocycles. The summed E-state index contributed by atoms with van der Waals surface area (Å²) in [4.78, 5) is 11.7.